The number of phenols is 1. The molecular weight excluding hydrogens is 559 g/mol. The fourth-order valence-corrected chi connectivity index (χ4v) is 4.87. The van der Waals surface area contributed by atoms with Crippen LogP contribution in [0.1, 0.15) is 44.7 Å². The number of anilines is 1. The number of nitrogens with zero attached hydrogens (tertiary/aromatic N) is 2. The van der Waals surface area contributed by atoms with Gasteiger partial charge in [-0.2, -0.15) is 18.4 Å². The summed E-state index contributed by atoms with van der Waals surface area (Å²) in [4.78, 5) is 30.5. The summed E-state index contributed by atoms with van der Waals surface area (Å²) in [5.41, 5.74) is 0.671. The molecule has 0 saturated carbocycles. The zero-order valence-corrected chi connectivity index (χ0v) is 22.7. The summed E-state index contributed by atoms with van der Waals surface area (Å²) < 4.78 is 39.0. The molecule has 2 heterocycles. The molecule has 1 fully saturated rings. The molecule has 0 aliphatic carbocycles. The van der Waals surface area contributed by atoms with Crippen molar-refractivity contribution in [1.29, 1.82) is 5.26 Å². The van der Waals surface area contributed by atoms with Gasteiger partial charge in [0.2, 0.25) is 0 Å². The number of phenolic OH excluding ortho intramolecular Hbond substituents is 1. The monoisotopic (exact) mass is 585 g/mol. The van der Waals surface area contributed by atoms with E-state index in [1.807, 2.05) is 0 Å². The standard InChI is InChI=1S/C32H26F3N5O3/c33-32(34,35)22-12-10-19(11-13-22)31(43)40-29-26(17-36)25(16-27(39-29)24-8-1-2-9-28(24)41)20-5-3-6-21(15-20)30(42)38-18-23-7-4-14-37-23/h1-3,5-6,8-13,15-16,23,37,41H,4,7,14,18H2,(H,38,42)(H,39,40,43). The van der Waals surface area contributed by atoms with E-state index in [1.165, 1.54) is 6.07 Å². The van der Waals surface area contributed by atoms with Crippen LogP contribution in [0, 0.1) is 11.3 Å². The van der Waals surface area contributed by atoms with Crippen molar-refractivity contribution in [3.05, 3.63) is 101 Å². The normalized spacial score (nSPS) is 14.6. The Bertz CT molecular complexity index is 1710. The molecule has 1 aliphatic rings. The number of hydrogen-bond acceptors (Lipinski definition) is 6. The molecule has 1 atom stereocenters. The largest absolute Gasteiger partial charge is 0.507 e. The van der Waals surface area contributed by atoms with Gasteiger partial charge in [0.25, 0.3) is 11.8 Å². The summed E-state index contributed by atoms with van der Waals surface area (Å²) >= 11 is 0. The van der Waals surface area contributed by atoms with Gasteiger partial charge in [-0.05, 0) is 79.5 Å². The minimum atomic E-state index is -4.57. The third kappa shape index (κ3) is 6.66. The van der Waals surface area contributed by atoms with Gasteiger partial charge in [-0.15, -0.1) is 0 Å². The quantitative estimate of drug-likeness (QED) is 0.219. The zero-order valence-electron chi connectivity index (χ0n) is 22.7. The summed E-state index contributed by atoms with van der Waals surface area (Å²) in [5, 5.41) is 29.5. The van der Waals surface area contributed by atoms with Crippen molar-refractivity contribution >= 4 is 17.6 Å². The van der Waals surface area contributed by atoms with Crippen LogP contribution in [0.3, 0.4) is 0 Å². The summed E-state index contributed by atoms with van der Waals surface area (Å²) in [6.45, 7) is 1.38. The molecule has 8 nitrogen and oxygen atoms in total. The summed E-state index contributed by atoms with van der Waals surface area (Å²) in [6, 6.07) is 20.5. The molecule has 3 aromatic carbocycles. The topological polar surface area (TPSA) is 127 Å². The highest BCUT2D eigenvalue weighted by Crippen LogP contribution is 2.36. The van der Waals surface area contributed by atoms with Crippen molar-refractivity contribution in [3.63, 3.8) is 0 Å². The maximum Gasteiger partial charge on any atom is 0.416 e. The first kappa shape index (κ1) is 29.3. The second kappa shape index (κ2) is 12.3. The minimum absolute atomic E-state index is 0.0350. The lowest BCUT2D eigenvalue weighted by Crippen LogP contribution is -2.37. The number of carbonyl (C=O) groups excluding carboxylic acids is 2. The molecule has 0 radical (unpaired) electrons. The highest BCUT2D eigenvalue weighted by Gasteiger charge is 2.30. The van der Waals surface area contributed by atoms with Crippen LogP contribution in [0.5, 0.6) is 5.75 Å². The molecule has 5 rings (SSSR count). The van der Waals surface area contributed by atoms with E-state index in [2.05, 4.69) is 27.0 Å². The van der Waals surface area contributed by atoms with Crippen molar-refractivity contribution in [3.8, 4) is 34.2 Å². The maximum absolute atomic E-state index is 13.1. The van der Waals surface area contributed by atoms with Crippen LogP contribution in [0.15, 0.2) is 78.9 Å². The first-order valence-corrected chi connectivity index (χ1v) is 13.5. The molecule has 1 aliphatic heterocycles. The Labute approximate surface area is 245 Å². The van der Waals surface area contributed by atoms with Gasteiger partial charge in [-0.25, -0.2) is 4.98 Å². The zero-order chi connectivity index (χ0) is 30.6. The van der Waals surface area contributed by atoms with Crippen molar-refractivity contribution in [1.82, 2.24) is 15.6 Å². The lowest BCUT2D eigenvalue weighted by atomic mass is 9.96. The predicted molar refractivity (Wildman–Crippen MR) is 154 cm³/mol. The lowest BCUT2D eigenvalue weighted by Gasteiger charge is -2.15. The third-order valence-corrected chi connectivity index (χ3v) is 7.12. The molecule has 43 heavy (non-hydrogen) atoms. The number of carbonyl (C=O) groups is 2. The van der Waals surface area contributed by atoms with Crippen LogP contribution in [0.2, 0.25) is 0 Å². The first-order valence-electron chi connectivity index (χ1n) is 13.5. The second-order valence-electron chi connectivity index (χ2n) is 10.0. The Kier molecular flexibility index (Phi) is 8.41. The van der Waals surface area contributed by atoms with Crippen molar-refractivity contribution in [2.45, 2.75) is 25.1 Å². The van der Waals surface area contributed by atoms with Crippen LogP contribution >= 0.6 is 0 Å². The third-order valence-electron chi connectivity index (χ3n) is 7.12. The van der Waals surface area contributed by atoms with E-state index in [0.29, 0.717) is 28.8 Å². The average Bonchev–Trinajstić information content (AvgIpc) is 3.53. The Morgan fingerprint density at radius 2 is 1.74 bits per heavy atom. The van der Waals surface area contributed by atoms with Gasteiger partial charge in [0.15, 0.2) is 5.82 Å². The Morgan fingerprint density at radius 1 is 0.977 bits per heavy atom. The number of aromatic hydroxyl groups is 1. The molecule has 0 spiro atoms. The number of pyridine rings is 1. The van der Waals surface area contributed by atoms with Crippen LogP contribution in [0.25, 0.3) is 22.4 Å². The number of rotatable bonds is 7. The van der Waals surface area contributed by atoms with Gasteiger partial charge < -0.3 is 21.1 Å². The van der Waals surface area contributed by atoms with E-state index in [9.17, 15) is 33.1 Å². The van der Waals surface area contributed by atoms with Gasteiger partial charge >= 0.3 is 6.18 Å². The molecule has 1 aromatic heterocycles. The van der Waals surface area contributed by atoms with Crippen LogP contribution in [-0.2, 0) is 6.18 Å². The van der Waals surface area contributed by atoms with Crippen LogP contribution < -0.4 is 16.0 Å². The number of aromatic nitrogens is 1. The van der Waals surface area contributed by atoms with E-state index in [0.717, 1.165) is 43.7 Å². The fraction of sp³-hybridized carbons (Fsp3) is 0.188. The number of nitrogens with one attached hydrogen (secondary N) is 3. The molecule has 218 valence electrons. The molecule has 1 unspecified atom stereocenters. The summed E-state index contributed by atoms with van der Waals surface area (Å²) in [5.74, 6) is -1.34. The Balaban J connectivity index is 1.53. The number of halogens is 3. The van der Waals surface area contributed by atoms with Crippen molar-refractivity contribution in [2.24, 2.45) is 0 Å². The maximum atomic E-state index is 13.1. The number of para-hydroxylation sites is 1. The molecule has 11 heteroatoms. The smallest absolute Gasteiger partial charge is 0.416 e. The number of alkyl halides is 3. The summed E-state index contributed by atoms with van der Waals surface area (Å²) in [7, 11) is 0. The van der Waals surface area contributed by atoms with Crippen molar-refractivity contribution in [2.75, 3.05) is 18.4 Å². The van der Waals surface area contributed by atoms with E-state index < -0.39 is 17.6 Å². The van der Waals surface area contributed by atoms with Crippen LogP contribution in [-0.4, -0.2) is 41.0 Å². The number of benzene rings is 3. The summed E-state index contributed by atoms with van der Waals surface area (Å²) in [6.07, 6.45) is -2.55. The SMILES string of the molecule is N#Cc1c(-c2cccc(C(=O)NCC3CCCN3)c2)cc(-c2ccccc2O)nc1NC(=O)c1ccc(C(F)(F)F)cc1. The average molecular weight is 586 g/mol. The fourth-order valence-electron chi connectivity index (χ4n) is 4.87. The van der Waals surface area contributed by atoms with Gasteiger partial charge in [0, 0.05) is 34.8 Å². The van der Waals surface area contributed by atoms with Crippen LogP contribution in [0.4, 0.5) is 19.0 Å². The highest BCUT2D eigenvalue weighted by atomic mass is 19.4. The highest BCUT2D eigenvalue weighted by molar-refractivity contribution is 6.05. The van der Waals surface area contributed by atoms with Gasteiger partial charge in [0.1, 0.15) is 17.4 Å². The second-order valence-corrected chi connectivity index (χ2v) is 10.0. The molecule has 4 N–H and O–H groups in total. The van der Waals surface area contributed by atoms with Gasteiger partial charge in [0.05, 0.1) is 11.3 Å². The number of hydrogen-bond donors (Lipinski definition) is 4. The number of amides is 2. The predicted octanol–water partition coefficient (Wildman–Crippen LogP) is 5.75. The molecule has 1 saturated heterocycles. The van der Waals surface area contributed by atoms with E-state index in [4.69, 9.17) is 0 Å². The Morgan fingerprint density at radius 3 is 2.42 bits per heavy atom. The van der Waals surface area contributed by atoms with E-state index >= 15 is 0 Å². The molecule has 0 bridgehead atoms. The molecule has 4 aromatic rings. The lowest BCUT2D eigenvalue weighted by molar-refractivity contribution is -0.137. The first-order chi connectivity index (χ1) is 20.6. The van der Waals surface area contributed by atoms with E-state index in [1.54, 1.807) is 48.5 Å². The van der Waals surface area contributed by atoms with Crippen molar-refractivity contribution < 1.29 is 27.9 Å². The minimum Gasteiger partial charge on any atom is -0.507 e. The van der Waals surface area contributed by atoms with Gasteiger partial charge in [-0.3, -0.25) is 9.59 Å². The molecule has 2 amide bonds. The van der Waals surface area contributed by atoms with E-state index in [-0.39, 0.29) is 40.3 Å². The molecular formula is C32H26F3N5O3. The van der Waals surface area contributed by atoms with Gasteiger partial charge in [-0.1, -0.05) is 24.3 Å². The number of nitriles is 1. The Hall–Kier alpha value is -5.21.